The number of aromatic hydroxyl groups is 1. The molecule has 2 N–H and O–H groups in total. The van der Waals surface area contributed by atoms with E-state index in [-0.39, 0.29) is 17.9 Å². The lowest BCUT2D eigenvalue weighted by atomic mass is 9.97. The summed E-state index contributed by atoms with van der Waals surface area (Å²) in [6, 6.07) is 4.48. The topological polar surface area (TPSA) is 86.7 Å². The fourth-order valence-corrected chi connectivity index (χ4v) is 2.25. The molecule has 0 aromatic heterocycles. The van der Waals surface area contributed by atoms with E-state index in [2.05, 4.69) is 5.32 Å². The normalized spacial score (nSPS) is 17.9. The molecule has 0 saturated carbocycles. The number of benzene rings is 1. The van der Waals surface area contributed by atoms with Gasteiger partial charge in [-0.05, 0) is 54.6 Å². The maximum Gasteiger partial charge on any atom is 0.255 e. The molecule has 0 atom stereocenters. The van der Waals surface area contributed by atoms with E-state index in [1.165, 1.54) is 11.0 Å². The fraction of sp³-hybridized carbons (Fsp3) is 0.308. The Hall–Kier alpha value is -1.64. The predicted octanol–water partition coefficient (Wildman–Crippen LogP) is 0.874. The number of nitrogens with zero attached hydrogens (tertiary/aromatic N) is 1. The first-order valence-corrected chi connectivity index (χ1v) is 6.96. The number of carbonyl (C=O) groups excluding carboxylic acids is 3. The summed E-state index contributed by atoms with van der Waals surface area (Å²) < 4.78 is 0.617. The van der Waals surface area contributed by atoms with Gasteiger partial charge in [-0.3, -0.25) is 19.7 Å². The molecule has 0 bridgehead atoms. The molecule has 6 nitrogen and oxygen atoms in total. The number of piperazine rings is 1. The summed E-state index contributed by atoms with van der Waals surface area (Å²) in [6.07, 6.45) is 0. The molecule has 1 aliphatic heterocycles. The Morgan fingerprint density at radius 2 is 2.05 bits per heavy atom. The van der Waals surface area contributed by atoms with Gasteiger partial charge < -0.3 is 10.0 Å². The molecule has 1 aromatic rings. The van der Waals surface area contributed by atoms with Crippen LogP contribution in [-0.4, -0.2) is 39.8 Å². The third-order valence-corrected chi connectivity index (χ3v) is 4.14. The van der Waals surface area contributed by atoms with E-state index in [1.807, 2.05) is 22.6 Å². The largest absolute Gasteiger partial charge is 0.507 e. The third kappa shape index (κ3) is 2.49. The fourth-order valence-electron chi connectivity index (χ4n) is 1.91. The molecule has 0 unspecified atom stereocenters. The Balaban J connectivity index is 2.38. The molecule has 3 amide bonds. The molecule has 1 heterocycles. The van der Waals surface area contributed by atoms with Crippen LogP contribution in [0.5, 0.6) is 5.75 Å². The molecule has 1 aliphatic rings. The monoisotopic (exact) mass is 388 g/mol. The maximum absolute atomic E-state index is 12.5. The number of phenols is 1. The van der Waals surface area contributed by atoms with Gasteiger partial charge in [0.15, 0.2) is 0 Å². The minimum atomic E-state index is -1.12. The van der Waals surface area contributed by atoms with E-state index in [4.69, 9.17) is 0 Å². The lowest BCUT2D eigenvalue weighted by Crippen LogP contribution is -2.65. The van der Waals surface area contributed by atoms with E-state index in [0.717, 1.165) is 0 Å². The minimum absolute atomic E-state index is 0.0120. The molecule has 0 spiro atoms. The summed E-state index contributed by atoms with van der Waals surface area (Å²) in [5.74, 6) is -1.51. The predicted molar refractivity (Wildman–Crippen MR) is 79.1 cm³/mol. The summed E-state index contributed by atoms with van der Waals surface area (Å²) in [5, 5.41) is 11.9. The molecular formula is C13H13IN2O4. The van der Waals surface area contributed by atoms with Crippen molar-refractivity contribution in [1.29, 1.82) is 0 Å². The van der Waals surface area contributed by atoms with Crippen molar-refractivity contribution in [1.82, 2.24) is 10.2 Å². The number of rotatable bonds is 1. The molecule has 0 radical (unpaired) electrons. The molecular weight excluding hydrogens is 375 g/mol. The second-order valence-corrected chi connectivity index (χ2v) is 6.16. The van der Waals surface area contributed by atoms with Gasteiger partial charge in [-0.1, -0.05) is 0 Å². The Labute approximate surface area is 129 Å². The molecule has 1 aromatic carbocycles. The quantitative estimate of drug-likeness (QED) is 0.553. The average Bonchev–Trinajstić information content (AvgIpc) is 2.36. The van der Waals surface area contributed by atoms with Crippen LogP contribution in [0.3, 0.4) is 0 Å². The second-order valence-electron chi connectivity index (χ2n) is 4.99. The highest BCUT2D eigenvalue weighted by Crippen LogP contribution is 2.25. The SMILES string of the molecule is CC1(C)C(=O)NC(=O)CN1C(=O)c1ccc(I)c(O)c1. The van der Waals surface area contributed by atoms with Crippen molar-refractivity contribution < 1.29 is 19.5 Å². The standard InChI is InChI=1S/C13H13IN2O4/c1-13(2)12(20)15-10(18)6-16(13)11(19)7-3-4-8(14)9(17)5-7/h3-5,17H,6H2,1-2H3,(H,15,18,20). The first kappa shape index (κ1) is 14.8. The molecule has 1 fully saturated rings. The van der Waals surface area contributed by atoms with Gasteiger partial charge in [0, 0.05) is 5.56 Å². The van der Waals surface area contributed by atoms with Crippen molar-refractivity contribution in [3.63, 3.8) is 0 Å². The van der Waals surface area contributed by atoms with Crippen LogP contribution in [0.1, 0.15) is 24.2 Å². The van der Waals surface area contributed by atoms with Crippen LogP contribution in [0.4, 0.5) is 0 Å². The molecule has 1 saturated heterocycles. The zero-order valence-corrected chi connectivity index (χ0v) is 13.1. The smallest absolute Gasteiger partial charge is 0.255 e. The van der Waals surface area contributed by atoms with Crippen molar-refractivity contribution in [2.24, 2.45) is 0 Å². The average molecular weight is 388 g/mol. The Kier molecular flexibility index (Phi) is 3.72. The van der Waals surface area contributed by atoms with Crippen molar-refractivity contribution >= 4 is 40.3 Å². The van der Waals surface area contributed by atoms with Gasteiger partial charge in [-0.2, -0.15) is 0 Å². The molecule has 20 heavy (non-hydrogen) atoms. The van der Waals surface area contributed by atoms with Crippen LogP contribution in [-0.2, 0) is 9.59 Å². The maximum atomic E-state index is 12.5. The molecule has 2 rings (SSSR count). The van der Waals surface area contributed by atoms with Crippen LogP contribution < -0.4 is 5.32 Å². The highest BCUT2D eigenvalue weighted by atomic mass is 127. The summed E-state index contributed by atoms with van der Waals surface area (Å²) in [4.78, 5) is 36.9. The number of imide groups is 1. The lowest BCUT2D eigenvalue weighted by Gasteiger charge is -2.40. The van der Waals surface area contributed by atoms with Crippen LogP contribution in [0.2, 0.25) is 0 Å². The number of halogens is 1. The van der Waals surface area contributed by atoms with Crippen molar-refractivity contribution in [2.75, 3.05) is 6.54 Å². The van der Waals surface area contributed by atoms with E-state index in [1.54, 1.807) is 26.0 Å². The summed E-state index contributed by atoms with van der Waals surface area (Å²) in [5.41, 5.74) is -0.887. The minimum Gasteiger partial charge on any atom is -0.507 e. The zero-order chi connectivity index (χ0) is 15.1. The van der Waals surface area contributed by atoms with Crippen molar-refractivity contribution in [3.05, 3.63) is 27.3 Å². The number of hydrogen-bond donors (Lipinski definition) is 2. The molecule has 7 heteroatoms. The number of phenolic OH excluding ortho intramolecular Hbond substituents is 1. The summed E-state index contributed by atoms with van der Waals surface area (Å²) in [6.45, 7) is 2.95. The van der Waals surface area contributed by atoms with Gasteiger partial charge >= 0.3 is 0 Å². The molecule has 106 valence electrons. The van der Waals surface area contributed by atoms with E-state index in [0.29, 0.717) is 3.57 Å². The Bertz CT molecular complexity index is 612. The van der Waals surface area contributed by atoms with Crippen molar-refractivity contribution in [3.8, 4) is 5.75 Å². The summed E-state index contributed by atoms with van der Waals surface area (Å²) in [7, 11) is 0. The van der Waals surface area contributed by atoms with Gasteiger partial charge in [0.25, 0.3) is 11.8 Å². The first-order chi connectivity index (χ1) is 9.23. The van der Waals surface area contributed by atoms with Gasteiger partial charge in [-0.15, -0.1) is 0 Å². The highest BCUT2D eigenvalue weighted by molar-refractivity contribution is 14.1. The third-order valence-electron chi connectivity index (χ3n) is 3.22. The lowest BCUT2D eigenvalue weighted by molar-refractivity contribution is -0.143. The molecule has 0 aliphatic carbocycles. The first-order valence-electron chi connectivity index (χ1n) is 5.88. The highest BCUT2D eigenvalue weighted by Gasteiger charge is 2.43. The number of hydrogen-bond acceptors (Lipinski definition) is 4. The number of amides is 3. The van der Waals surface area contributed by atoms with Gasteiger partial charge in [0.1, 0.15) is 17.8 Å². The van der Waals surface area contributed by atoms with Crippen LogP contribution in [0.25, 0.3) is 0 Å². The van der Waals surface area contributed by atoms with E-state index in [9.17, 15) is 19.5 Å². The van der Waals surface area contributed by atoms with Crippen LogP contribution >= 0.6 is 22.6 Å². The van der Waals surface area contributed by atoms with E-state index < -0.39 is 23.3 Å². The Morgan fingerprint density at radius 3 is 2.65 bits per heavy atom. The van der Waals surface area contributed by atoms with Crippen LogP contribution in [0.15, 0.2) is 18.2 Å². The van der Waals surface area contributed by atoms with E-state index >= 15 is 0 Å². The van der Waals surface area contributed by atoms with Gasteiger partial charge in [0.2, 0.25) is 5.91 Å². The second kappa shape index (κ2) is 5.04. The summed E-state index contributed by atoms with van der Waals surface area (Å²) >= 11 is 1.94. The van der Waals surface area contributed by atoms with Gasteiger partial charge in [0.05, 0.1) is 3.57 Å². The number of carbonyl (C=O) groups is 3. The van der Waals surface area contributed by atoms with Crippen molar-refractivity contribution in [2.45, 2.75) is 19.4 Å². The van der Waals surface area contributed by atoms with Crippen LogP contribution in [0, 0.1) is 3.57 Å². The zero-order valence-electron chi connectivity index (χ0n) is 10.9. The Morgan fingerprint density at radius 1 is 1.40 bits per heavy atom. The van der Waals surface area contributed by atoms with Gasteiger partial charge in [-0.25, -0.2) is 0 Å². The number of nitrogens with one attached hydrogen (secondary N) is 1.